The molecule has 1 heterocycles. The topological polar surface area (TPSA) is 66.5 Å². The quantitative estimate of drug-likeness (QED) is 0.901. The Bertz CT molecular complexity index is 593. The third-order valence-electron chi connectivity index (χ3n) is 4.21. The van der Waals surface area contributed by atoms with E-state index in [9.17, 15) is 13.2 Å². The molecule has 1 saturated heterocycles. The molecule has 1 atom stereocenters. The zero-order valence-corrected chi connectivity index (χ0v) is 14.0. The highest BCUT2D eigenvalue weighted by Crippen LogP contribution is 2.23. The lowest BCUT2D eigenvalue weighted by molar-refractivity contribution is -0.126. The van der Waals surface area contributed by atoms with Crippen molar-refractivity contribution in [1.82, 2.24) is 9.62 Å². The Morgan fingerprint density at radius 3 is 2.41 bits per heavy atom. The van der Waals surface area contributed by atoms with Crippen molar-refractivity contribution in [2.45, 2.75) is 44.0 Å². The van der Waals surface area contributed by atoms with Crippen LogP contribution in [-0.4, -0.2) is 37.8 Å². The Morgan fingerprint density at radius 1 is 1.27 bits per heavy atom. The SMILES string of the molecule is CC[C@H](C)NC(=O)C1CCN(S(=O)(=O)c2ccccc2)CC1. The zero-order valence-electron chi connectivity index (χ0n) is 13.2. The number of carbonyl (C=O) groups excluding carboxylic acids is 1. The van der Waals surface area contributed by atoms with Gasteiger partial charge in [0, 0.05) is 25.0 Å². The van der Waals surface area contributed by atoms with Gasteiger partial charge in [0.1, 0.15) is 0 Å². The van der Waals surface area contributed by atoms with E-state index >= 15 is 0 Å². The van der Waals surface area contributed by atoms with Crippen LogP contribution in [0.3, 0.4) is 0 Å². The van der Waals surface area contributed by atoms with E-state index in [2.05, 4.69) is 5.32 Å². The molecule has 1 aliphatic rings. The summed E-state index contributed by atoms with van der Waals surface area (Å²) < 4.78 is 26.5. The Hall–Kier alpha value is -1.40. The molecule has 0 radical (unpaired) electrons. The van der Waals surface area contributed by atoms with Crippen LogP contribution in [0.15, 0.2) is 35.2 Å². The molecule has 0 spiro atoms. The van der Waals surface area contributed by atoms with Gasteiger partial charge < -0.3 is 5.32 Å². The molecule has 22 heavy (non-hydrogen) atoms. The minimum absolute atomic E-state index is 0.0473. The fraction of sp³-hybridized carbons (Fsp3) is 0.562. The van der Waals surface area contributed by atoms with Gasteiger partial charge in [-0.05, 0) is 38.3 Å². The van der Waals surface area contributed by atoms with E-state index in [1.54, 1.807) is 30.3 Å². The van der Waals surface area contributed by atoms with Crippen LogP contribution in [0.25, 0.3) is 0 Å². The van der Waals surface area contributed by atoms with Crippen LogP contribution in [0.4, 0.5) is 0 Å². The highest BCUT2D eigenvalue weighted by atomic mass is 32.2. The highest BCUT2D eigenvalue weighted by molar-refractivity contribution is 7.89. The van der Waals surface area contributed by atoms with E-state index < -0.39 is 10.0 Å². The molecule has 0 unspecified atom stereocenters. The first-order chi connectivity index (χ1) is 10.4. The van der Waals surface area contributed by atoms with Gasteiger partial charge in [-0.15, -0.1) is 0 Å². The molecular weight excluding hydrogens is 300 g/mol. The van der Waals surface area contributed by atoms with Gasteiger partial charge in [0.25, 0.3) is 0 Å². The van der Waals surface area contributed by atoms with Crippen LogP contribution >= 0.6 is 0 Å². The minimum Gasteiger partial charge on any atom is -0.353 e. The van der Waals surface area contributed by atoms with E-state index in [0.29, 0.717) is 30.8 Å². The lowest BCUT2D eigenvalue weighted by atomic mass is 9.97. The highest BCUT2D eigenvalue weighted by Gasteiger charge is 2.32. The molecule has 6 heteroatoms. The third-order valence-corrected chi connectivity index (χ3v) is 6.12. The number of benzene rings is 1. The molecule has 5 nitrogen and oxygen atoms in total. The number of sulfonamides is 1. The van der Waals surface area contributed by atoms with Crippen molar-refractivity contribution >= 4 is 15.9 Å². The van der Waals surface area contributed by atoms with Crippen molar-refractivity contribution in [2.75, 3.05) is 13.1 Å². The molecule has 1 aromatic carbocycles. The molecule has 2 rings (SSSR count). The second kappa shape index (κ2) is 7.24. The van der Waals surface area contributed by atoms with Crippen LogP contribution in [-0.2, 0) is 14.8 Å². The summed E-state index contributed by atoms with van der Waals surface area (Å²) in [6.45, 7) is 4.80. The maximum Gasteiger partial charge on any atom is 0.243 e. The molecule has 0 aliphatic carbocycles. The van der Waals surface area contributed by atoms with Crippen molar-refractivity contribution in [3.8, 4) is 0 Å². The van der Waals surface area contributed by atoms with Crippen molar-refractivity contribution in [3.63, 3.8) is 0 Å². The van der Waals surface area contributed by atoms with Crippen LogP contribution in [0, 0.1) is 5.92 Å². The molecule has 1 fully saturated rings. The van der Waals surface area contributed by atoms with Crippen LogP contribution in [0.5, 0.6) is 0 Å². The first-order valence-corrected chi connectivity index (χ1v) is 9.24. The fourth-order valence-corrected chi connectivity index (χ4v) is 4.05. The van der Waals surface area contributed by atoms with Crippen molar-refractivity contribution in [2.24, 2.45) is 5.92 Å². The molecule has 0 saturated carbocycles. The smallest absolute Gasteiger partial charge is 0.243 e. The number of hydrogen-bond acceptors (Lipinski definition) is 3. The zero-order chi connectivity index (χ0) is 16.2. The first-order valence-electron chi connectivity index (χ1n) is 7.80. The summed E-state index contributed by atoms with van der Waals surface area (Å²) in [7, 11) is -3.44. The Kier molecular flexibility index (Phi) is 5.58. The number of amides is 1. The van der Waals surface area contributed by atoms with Gasteiger partial charge in [-0.3, -0.25) is 4.79 Å². The fourth-order valence-electron chi connectivity index (χ4n) is 2.56. The second-order valence-electron chi connectivity index (χ2n) is 5.81. The third kappa shape index (κ3) is 3.87. The number of rotatable bonds is 5. The number of nitrogens with zero attached hydrogens (tertiary/aromatic N) is 1. The standard InChI is InChI=1S/C16H24N2O3S/c1-3-13(2)17-16(19)14-9-11-18(12-10-14)22(20,21)15-7-5-4-6-8-15/h4-8,13-14H,3,9-12H2,1-2H3,(H,17,19)/t13-/m0/s1. The van der Waals surface area contributed by atoms with Gasteiger partial charge in [0.05, 0.1) is 4.90 Å². The average Bonchev–Trinajstić information content (AvgIpc) is 2.55. The van der Waals surface area contributed by atoms with Gasteiger partial charge in [-0.1, -0.05) is 25.1 Å². The van der Waals surface area contributed by atoms with Gasteiger partial charge in [0.15, 0.2) is 0 Å². The predicted molar refractivity (Wildman–Crippen MR) is 85.8 cm³/mol. The van der Waals surface area contributed by atoms with E-state index in [1.807, 2.05) is 13.8 Å². The lowest BCUT2D eigenvalue weighted by Gasteiger charge is -2.31. The van der Waals surface area contributed by atoms with E-state index in [1.165, 1.54) is 4.31 Å². The monoisotopic (exact) mass is 324 g/mol. The number of piperidine rings is 1. The maximum atomic E-state index is 12.5. The Labute approximate surface area is 132 Å². The van der Waals surface area contributed by atoms with Crippen LogP contribution in [0.2, 0.25) is 0 Å². The van der Waals surface area contributed by atoms with E-state index in [-0.39, 0.29) is 17.9 Å². The van der Waals surface area contributed by atoms with Gasteiger partial charge >= 0.3 is 0 Å². The number of carbonyl (C=O) groups is 1. The first kappa shape index (κ1) is 17.0. The molecule has 0 bridgehead atoms. The largest absolute Gasteiger partial charge is 0.353 e. The molecule has 1 N–H and O–H groups in total. The van der Waals surface area contributed by atoms with Gasteiger partial charge in [-0.2, -0.15) is 4.31 Å². The average molecular weight is 324 g/mol. The minimum atomic E-state index is -3.44. The molecule has 122 valence electrons. The van der Waals surface area contributed by atoms with Crippen LogP contribution < -0.4 is 5.32 Å². The van der Waals surface area contributed by atoms with E-state index in [4.69, 9.17) is 0 Å². The normalized spacial score (nSPS) is 18.8. The lowest BCUT2D eigenvalue weighted by Crippen LogP contribution is -2.44. The molecule has 0 aromatic heterocycles. The van der Waals surface area contributed by atoms with Crippen LogP contribution in [0.1, 0.15) is 33.1 Å². The van der Waals surface area contributed by atoms with E-state index in [0.717, 1.165) is 6.42 Å². The van der Waals surface area contributed by atoms with Gasteiger partial charge in [-0.25, -0.2) is 8.42 Å². The molecule has 1 aromatic rings. The summed E-state index contributed by atoms with van der Waals surface area (Å²) in [5, 5.41) is 2.98. The number of nitrogens with one attached hydrogen (secondary N) is 1. The summed E-state index contributed by atoms with van der Waals surface area (Å²) in [5.74, 6) is -0.0395. The van der Waals surface area contributed by atoms with Crippen molar-refractivity contribution in [1.29, 1.82) is 0 Å². The van der Waals surface area contributed by atoms with Crippen molar-refractivity contribution in [3.05, 3.63) is 30.3 Å². The number of hydrogen-bond donors (Lipinski definition) is 1. The summed E-state index contributed by atoms with van der Waals surface area (Å²) in [5.41, 5.74) is 0. The van der Waals surface area contributed by atoms with Crippen molar-refractivity contribution < 1.29 is 13.2 Å². The molecule has 1 aliphatic heterocycles. The second-order valence-corrected chi connectivity index (χ2v) is 7.75. The summed E-state index contributed by atoms with van der Waals surface area (Å²) >= 11 is 0. The Morgan fingerprint density at radius 2 is 1.86 bits per heavy atom. The maximum absolute atomic E-state index is 12.5. The summed E-state index contributed by atoms with van der Waals surface area (Å²) in [4.78, 5) is 12.4. The van der Waals surface area contributed by atoms with Gasteiger partial charge in [0.2, 0.25) is 15.9 Å². The molecule has 1 amide bonds. The summed E-state index contributed by atoms with van der Waals surface area (Å²) in [6.07, 6.45) is 2.05. The summed E-state index contributed by atoms with van der Waals surface area (Å²) in [6, 6.07) is 8.62. The Balaban J connectivity index is 1.96. The predicted octanol–water partition coefficient (Wildman–Crippen LogP) is 2.00. The molecular formula is C16H24N2O3S.